The Morgan fingerprint density at radius 1 is 0.909 bits per heavy atom. The Bertz CT molecular complexity index is 1860. The van der Waals surface area contributed by atoms with Crippen LogP contribution < -0.4 is 11.6 Å². The molecule has 44 heavy (non-hydrogen) atoms. The maximum absolute atomic E-state index is 12.8. The molecule has 1 atom stereocenters. The van der Waals surface area contributed by atoms with Crippen molar-refractivity contribution in [2.24, 2.45) is 5.84 Å². The molecule has 0 bridgehead atoms. The number of sulfone groups is 1. The number of hydrogen-bond donors (Lipinski definition) is 4. The first-order chi connectivity index (χ1) is 20.6. The standard InChI is InChI=1S/C27H22N4O5S.C2HF3O2/c28-25-16-20-6-4-5-9-22(20)23(30-25)15-12-18-10-13-19(14-11-18)26(32)31(29)17-24(27(33)34)37(35,36)21-7-2-1-3-8-21;3-2(4,5)1(6)7/h1-11,13-14,16,24H,17,29H2,(H2,28,30)(H,33,34);(H,6,7)/t24-;/m0./s1. The summed E-state index contributed by atoms with van der Waals surface area (Å²) in [5.41, 5.74) is 7.12. The molecule has 4 aromatic rings. The third kappa shape index (κ3) is 8.31. The van der Waals surface area contributed by atoms with E-state index in [1.165, 1.54) is 36.4 Å². The second-order valence-electron chi connectivity index (χ2n) is 8.89. The van der Waals surface area contributed by atoms with Gasteiger partial charge in [0.1, 0.15) is 11.5 Å². The zero-order chi connectivity index (χ0) is 32.7. The van der Waals surface area contributed by atoms with Crippen LogP contribution in [0.2, 0.25) is 0 Å². The number of alkyl halides is 3. The predicted molar refractivity (Wildman–Crippen MR) is 153 cm³/mol. The Balaban J connectivity index is 0.000000676. The molecule has 0 radical (unpaired) electrons. The van der Waals surface area contributed by atoms with Gasteiger partial charge in [-0.2, -0.15) is 13.2 Å². The van der Waals surface area contributed by atoms with Gasteiger partial charge in [0.25, 0.3) is 5.91 Å². The molecule has 0 saturated carbocycles. The van der Waals surface area contributed by atoms with Crippen LogP contribution in [0.3, 0.4) is 0 Å². The summed E-state index contributed by atoms with van der Waals surface area (Å²) in [4.78, 5) is 37.6. The van der Waals surface area contributed by atoms with Gasteiger partial charge in [-0.05, 0) is 53.8 Å². The number of aliphatic carboxylic acids is 2. The van der Waals surface area contributed by atoms with E-state index >= 15 is 0 Å². The molecular formula is C29H23F3N4O7S. The lowest BCUT2D eigenvalue weighted by atomic mass is 10.1. The second kappa shape index (κ2) is 13.7. The number of nitrogens with zero attached hydrogens (tertiary/aromatic N) is 2. The van der Waals surface area contributed by atoms with Crippen molar-refractivity contribution < 1.29 is 46.2 Å². The third-order valence-corrected chi connectivity index (χ3v) is 7.83. The normalized spacial score (nSPS) is 11.7. The molecule has 4 rings (SSSR count). The third-order valence-electron chi connectivity index (χ3n) is 5.80. The molecular weight excluding hydrogens is 605 g/mol. The number of rotatable bonds is 6. The summed E-state index contributed by atoms with van der Waals surface area (Å²) in [5.74, 6) is 7.03. The predicted octanol–water partition coefficient (Wildman–Crippen LogP) is 3.09. The summed E-state index contributed by atoms with van der Waals surface area (Å²) < 4.78 is 57.3. The quantitative estimate of drug-likeness (QED) is 0.107. The lowest BCUT2D eigenvalue weighted by Gasteiger charge is -2.21. The number of halogens is 3. The Morgan fingerprint density at radius 2 is 1.48 bits per heavy atom. The van der Waals surface area contributed by atoms with Crippen LogP contribution in [0, 0.1) is 11.8 Å². The number of hydrogen-bond acceptors (Lipinski definition) is 8. The number of carbonyl (C=O) groups excluding carboxylic acids is 1. The molecule has 0 aliphatic heterocycles. The van der Waals surface area contributed by atoms with E-state index in [4.69, 9.17) is 21.5 Å². The number of benzene rings is 3. The molecule has 0 aliphatic rings. The second-order valence-corrected chi connectivity index (χ2v) is 11.0. The van der Waals surface area contributed by atoms with E-state index in [2.05, 4.69) is 16.8 Å². The van der Waals surface area contributed by atoms with Gasteiger partial charge in [0.05, 0.1) is 11.4 Å². The lowest BCUT2D eigenvalue weighted by molar-refractivity contribution is -0.192. The average Bonchev–Trinajstić information content (AvgIpc) is 2.98. The highest BCUT2D eigenvalue weighted by molar-refractivity contribution is 7.92. The van der Waals surface area contributed by atoms with Crippen LogP contribution in [0.15, 0.2) is 89.8 Å². The van der Waals surface area contributed by atoms with Crippen LogP contribution in [-0.2, 0) is 19.4 Å². The lowest BCUT2D eigenvalue weighted by Crippen LogP contribution is -2.48. The van der Waals surface area contributed by atoms with E-state index in [1.807, 2.05) is 24.3 Å². The Kier molecular flexibility index (Phi) is 10.3. The van der Waals surface area contributed by atoms with Crippen LogP contribution >= 0.6 is 0 Å². The number of anilines is 1. The number of carboxylic acid groups (broad SMARTS) is 2. The molecule has 0 fully saturated rings. The number of amides is 1. The number of hydrazine groups is 1. The van der Waals surface area contributed by atoms with Gasteiger partial charge in [-0.25, -0.2) is 24.0 Å². The van der Waals surface area contributed by atoms with Gasteiger partial charge in [0, 0.05) is 16.5 Å². The van der Waals surface area contributed by atoms with Crippen LogP contribution in [0.1, 0.15) is 21.6 Å². The zero-order valence-electron chi connectivity index (χ0n) is 22.4. The molecule has 11 nitrogen and oxygen atoms in total. The number of carbonyl (C=O) groups is 3. The monoisotopic (exact) mass is 628 g/mol. The highest BCUT2D eigenvalue weighted by Crippen LogP contribution is 2.20. The minimum atomic E-state index is -5.08. The summed E-state index contributed by atoms with van der Waals surface area (Å²) in [6.07, 6.45) is -5.08. The Hall–Kier alpha value is -5.46. The number of nitrogen functional groups attached to an aromatic ring is 1. The van der Waals surface area contributed by atoms with E-state index in [0.717, 1.165) is 10.8 Å². The summed E-state index contributed by atoms with van der Waals surface area (Å²) in [6, 6.07) is 22.6. The number of fused-ring (bicyclic) bond motifs is 1. The topological polar surface area (TPSA) is 194 Å². The summed E-state index contributed by atoms with van der Waals surface area (Å²) in [6.45, 7) is -0.735. The molecule has 3 aromatic carbocycles. The molecule has 15 heteroatoms. The van der Waals surface area contributed by atoms with Gasteiger partial charge in [-0.15, -0.1) is 0 Å². The molecule has 1 aromatic heterocycles. The van der Waals surface area contributed by atoms with Crippen molar-refractivity contribution >= 4 is 44.3 Å². The molecule has 228 valence electrons. The van der Waals surface area contributed by atoms with Crippen molar-refractivity contribution in [3.05, 3.63) is 102 Å². The van der Waals surface area contributed by atoms with Crippen molar-refractivity contribution in [3.8, 4) is 11.8 Å². The van der Waals surface area contributed by atoms with Gasteiger partial charge >= 0.3 is 18.1 Å². The average molecular weight is 629 g/mol. The van der Waals surface area contributed by atoms with E-state index in [1.54, 1.807) is 24.3 Å². The van der Waals surface area contributed by atoms with Crippen molar-refractivity contribution in [2.75, 3.05) is 12.3 Å². The van der Waals surface area contributed by atoms with Crippen molar-refractivity contribution in [1.29, 1.82) is 0 Å². The zero-order valence-corrected chi connectivity index (χ0v) is 23.2. The fourth-order valence-corrected chi connectivity index (χ4v) is 5.14. The molecule has 6 N–H and O–H groups in total. The summed E-state index contributed by atoms with van der Waals surface area (Å²) >= 11 is 0. The Morgan fingerprint density at radius 3 is 2.05 bits per heavy atom. The number of nitrogens with two attached hydrogens (primary N) is 2. The first-order valence-electron chi connectivity index (χ1n) is 12.3. The van der Waals surface area contributed by atoms with Gasteiger partial charge < -0.3 is 15.9 Å². The van der Waals surface area contributed by atoms with E-state index in [9.17, 15) is 36.3 Å². The van der Waals surface area contributed by atoms with E-state index in [0.29, 0.717) is 22.1 Å². The Labute approximate surface area is 248 Å². The van der Waals surface area contributed by atoms with Gasteiger partial charge in [-0.3, -0.25) is 14.6 Å². The molecule has 0 unspecified atom stereocenters. The van der Waals surface area contributed by atoms with Crippen molar-refractivity contribution in [2.45, 2.75) is 16.3 Å². The first kappa shape index (κ1) is 33.0. The minimum absolute atomic E-state index is 0.141. The molecule has 0 aliphatic carbocycles. The molecule has 1 heterocycles. The first-order valence-corrected chi connectivity index (χ1v) is 13.8. The fourth-order valence-electron chi connectivity index (χ4n) is 3.65. The molecule has 1 amide bonds. The fraction of sp³-hybridized carbons (Fsp3) is 0.103. The smallest absolute Gasteiger partial charge is 0.480 e. The van der Waals surface area contributed by atoms with Crippen LogP contribution in [-0.4, -0.2) is 64.4 Å². The van der Waals surface area contributed by atoms with E-state index in [-0.39, 0.29) is 10.5 Å². The van der Waals surface area contributed by atoms with Gasteiger partial charge in [-0.1, -0.05) is 48.4 Å². The minimum Gasteiger partial charge on any atom is -0.480 e. The van der Waals surface area contributed by atoms with E-state index < -0.39 is 45.7 Å². The van der Waals surface area contributed by atoms with Crippen LogP contribution in [0.4, 0.5) is 19.0 Å². The molecule has 0 saturated heterocycles. The van der Waals surface area contributed by atoms with Gasteiger partial charge in [0.15, 0.2) is 15.1 Å². The maximum atomic E-state index is 12.8. The largest absolute Gasteiger partial charge is 0.490 e. The van der Waals surface area contributed by atoms with Gasteiger partial charge in [0.2, 0.25) is 0 Å². The number of aromatic nitrogens is 1. The van der Waals surface area contributed by atoms with Crippen LogP contribution in [0.25, 0.3) is 10.8 Å². The van der Waals surface area contributed by atoms with Crippen molar-refractivity contribution in [1.82, 2.24) is 9.99 Å². The summed E-state index contributed by atoms with van der Waals surface area (Å²) in [7, 11) is -4.28. The number of carboxylic acids is 2. The molecule has 0 spiro atoms. The van der Waals surface area contributed by atoms with Crippen molar-refractivity contribution in [3.63, 3.8) is 0 Å². The SMILES string of the molecule is Nc1cc2ccccc2c(C#Cc2ccc(C(=O)N(N)C[C@@H](C(=O)O)S(=O)(=O)c3ccccc3)cc2)n1.O=C(O)C(F)(F)F. The number of pyridine rings is 1. The maximum Gasteiger partial charge on any atom is 0.490 e. The highest BCUT2D eigenvalue weighted by atomic mass is 32.2. The highest BCUT2D eigenvalue weighted by Gasteiger charge is 2.38. The summed E-state index contributed by atoms with van der Waals surface area (Å²) in [5, 5.41) is 17.1. The van der Waals surface area contributed by atoms with Crippen LogP contribution in [0.5, 0.6) is 0 Å².